The molecule has 2 aromatic carbocycles. The minimum absolute atomic E-state index is 0.254. The molecule has 0 spiro atoms. The van der Waals surface area contributed by atoms with Crippen LogP contribution in [0.4, 0.5) is 5.69 Å². The molecule has 162 valence electrons. The second kappa shape index (κ2) is 9.42. The van der Waals surface area contributed by atoms with Gasteiger partial charge in [0.25, 0.3) is 5.56 Å². The third-order valence-corrected chi connectivity index (χ3v) is 5.09. The Kier molecular flexibility index (Phi) is 6.69. The molecule has 3 aromatic rings. The van der Waals surface area contributed by atoms with E-state index in [1.807, 2.05) is 6.92 Å². The van der Waals surface area contributed by atoms with Crippen molar-refractivity contribution in [3.05, 3.63) is 74.9 Å². The van der Waals surface area contributed by atoms with Gasteiger partial charge in [0.15, 0.2) is 0 Å². The lowest BCUT2D eigenvalue weighted by Crippen LogP contribution is -2.43. The lowest BCUT2D eigenvalue weighted by molar-refractivity contribution is -0.116. The van der Waals surface area contributed by atoms with Crippen LogP contribution in [0.15, 0.2) is 58.1 Å². The normalized spacial score (nSPS) is 11.8. The molecule has 1 heterocycles. The van der Waals surface area contributed by atoms with Crippen LogP contribution < -0.4 is 16.6 Å². The fraction of sp³-hybridized carbons (Fsp3) is 0.304. The number of nitrogens with zero attached hydrogens (tertiary/aromatic N) is 2. The number of hydrogen-bond donors (Lipinski definition) is 1. The molecule has 0 radical (unpaired) electrons. The van der Waals surface area contributed by atoms with E-state index in [4.69, 9.17) is 4.74 Å². The van der Waals surface area contributed by atoms with Crippen molar-refractivity contribution in [2.45, 2.75) is 39.8 Å². The van der Waals surface area contributed by atoms with E-state index in [-0.39, 0.29) is 24.8 Å². The highest BCUT2D eigenvalue weighted by Crippen LogP contribution is 2.13. The molecule has 0 bridgehead atoms. The summed E-state index contributed by atoms with van der Waals surface area (Å²) in [5, 5.41) is 3.10. The monoisotopic (exact) mass is 423 g/mol. The van der Waals surface area contributed by atoms with Gasteiger partial charge in [-0.15, -0.1) is 0 Å². The number of carbonyl (C=O) groups excluding carboxylic acids is 2. The molecule has 0 saturated heterocycles. The summed E-state index contributed by atoms with van der Waals surface area (Å²) in [5.74, 6) is -0.865. The first-order valence-electron chi connectivity index (χ1n) is 10.2. The number of amides is 1. The van der Waals surface area contributed by atoms with Crippen molar-refractivity contribution >= 4 is 28.5 Å². The molecule has 0 saturated carbocycles. The first-order chi connectivity index (χ1) is 14.9. The standard InChI is InChI=1S/C23H25N3O5/c1-4-15(3)26-21(28)18-8-6-7-9-19(18)25(23(26)30)14-20(27)24-17-12-10-16(11-13-17)22(29)31-5-2/h6-13,15H,4-5,14H2,1-3H3,(H,24,27). The van der Waals surface area contributed by atoms with E-state index in [1.165, 1.54) is 9.13 Å². The predicted molar refractivity (Wildman–Crippen MR) is 118 cm³/mol. The van der Waals surface area contributed by atoms with E-state index >= 15 is 0 Å². The number of rotatable bonds is 7. The molecule has 0 aliphatic carbocycles. The third-order valence-electron chi connectivity index (χ3n) is 5.09. The van der Waals surface area contributed by atoms with E-state index in [2.05, 4.69) is 5.32 Å². The van der Waals surface area contributed by atoms with Gasteiger partial charge in [-0.3, -0.25) is 18.7 Å². The fourth-order valence-electron chi connectivity index (χ4n) is 3.31. The van der Waals surface area contributed by atoms with E-state index in [0.717, 1.165) is 0 Å². The largest absolute Gasteiger partial charge is 0.462 e. The molecule has 1 atom stereocenters. The Hall–Kier alpha value is -3.68. The van der Waals surface area contributed by atoms with E-state index < -0.39 is 17.6 Å². The summed E-state index contributed by atoms with van der Waals surface area (Å²) in [7, 11) is 0. The third kappa shape index (κ3) is 4.58. The van der Waals surface area contributed by atoms with Crippen LogP contribution in [0.25, 0.3) is 10.9 Å². The maximum absolute atomic E-state index is 13.1. The summed E-state index contributed by atoms with van der Waals surface area (Å²) in [6, 6.07) is 12.7. The van der Waals surface area contributed by atoms with E-state index in [0.29, 0.717) is 28.6 Å². The van der Waals surface area contributed by atoms with Gasteiger partial charge < -0.3 is 10.1 Å². The van der Waals surface area contributed by atoms with Crippen molar-refractivity contribution < 1.29 is 14.3 Å². The average molecular weight is 423 g/mol. The number of hydrogen-bond acceptors (Lipinski definition) is 5. The van der Waals surface area contributed by atoms with Gasteiger partial charge in [0.05, 0.1) is 23.1 Å². The SMILES string of the molecule is CCOC(=O)c1ccc(NC(=O)Cn2c(=O)n(C(C)CC)c(=O)c3ccccc32)cc1. The number of esters is 1. The number of nitrogens with one attached hydrogen (secondary N) is 1. The number of carbonyl (C=O) groups is 2. The average Bonchev–Trinajstić information content (AvgIpc) is 2.77. The van der Waals surface area contributed by atoms with E-state index in [9.17, 15) is 19.2 Å². The summed E-state index contributed by atoms with van der Waals surface area (Å²) in [5.41, 5.74) is 0.380. The van der Waals surface area contributed by atoms with Crippen LogP contribution in [-0.2, 0) is 16.1 Å². The Labute approximate surface area is 179 Å². The van der Waals surface area contributed by atoms with Gasteiger partial charge in [-0.25, -0.2) is 9.59 Å². The smallest absolute Gasteiger partial charge is 0.338 e. The molecule has 31 heavy (non-hydrogen) atoms. The fourth-order valence-corrected chi connectivity index (χ4v) is 3.31. The molecule has 8 heteroatoms. The molecule has 0 aliphatic rings. The maximum Gasteiger partial charge on any atom is 0.338 e. The number of benzene rings is 2. The molecule has 0 fully saturated rings. The summed E-state index contributed by atoms with van der Waals surface area (Å²) < 4.78 is 7.45. The number of aromatic nitrogens is 2. The summed E-state index contributed by atoms with van der Waals surface area (Å²) in [6.45, 7) is 5.44. The molecule has 0 aliphatic heterocycles. The second-order valence-corrected chi connectivity index (χ2v) is 7.16. The van der Waals surface area contributed by atoms with Gasteiger partial charge in [-0.1, -0.05) is 19.1 Å². The molecule has 1 unspecified atom stereocenters. The van der Waals surface area contributed by atoms with Crippen LogP contribution in [0.3, 0.4) is 0 Å². The zero-order valence-corrected chi connectivity index (χ0v) is 17.8. The molecule has 1 N–H and O–H groups in total. The first kappa shape index (κ1) is 22.0. The second-order valence-electron chi connectivity index (χ2n) is 7.16. The Balaban J connectivity index is 1.91. The summed E-state index contributed by atoms with van der Waals surface area (Å²) in [4.78, 5) is 50.3. The Morgan fingerprint density at radius 2 is 1.71 bits per heavy atom. The number of ether oxygens (including phenoxy) is 1. The van der Waals surface area contributed by atoms with Gasteiger partial charge in [0.1, 0.15) is 6.54 Å². The van der Waals surface area contributed by atoms with Crippen LogP contribution in [0.1, 0.15) is 43.6 Å². The van der Waals surface area contributed by atoms with Crippen molar-refractivity contribution in [2.75, 3.05) is 11.9 Å². The highest BCUT2D eigenvalue weighted by Gasteiger charge is 2.18. The highest BCUT2D eigenvalue weighted by molar-refractivity contribution is 5.93. The van der Waals surface area contributed by atoms with Crippen LogP contribution in [0.5, 0.6) is 0 Å². The van der Waals surface area contributed by atoms with E-state index in [1.54, 1.807) is 62.4 Å². The van der Waals surface area contributed by atoms with Gasteiger partial charge in [-0.2, -0.15) is 0 Å². The minimum Gasteiger partial charge on any atom is -0.462 e. The molecule has 1 amide bonds. The zero-order valence-electron chi connectivity index (χ0n) is 17.8. The van der Waals surface area contributed by atoms with Crippen molar-refractivity contribution in [3.8, 4) is 0 Å². The van der Waals surface area contributed by atoms with Gasteiger partial charge >= 0.3 is 11.7 Å². The minimum atomic E-state index is -0.522. The lowest BCUT2D eigenvalue weighted by atomic mass is 10.2. The zero-order chi connectivity index (χ0) is 22.5. The summed E-state index contributed by atoms with van der Waals surface area (Å²) >= 11 is 0. The quantitative estimate of drug-likeness (QED) is 0.589. The Bertz CT molecular complexity index is 1220. The van der Waals surface area contributed by atoms with Crippen molar-refractivity contribution in [1.82, 2.24) is 9.13 Å². The highest BCUT2D eigenvalue weighted by atomic mass is 16.5. The molecular weight excluding hydrogens is 398 g/mol. The van der Waals surface area contributed by atoms with Crippen LogP contribution >= 0.6 is 0 Å². The van der Waals surface area contributed by atoms with Gasteiger partial charge in [0, 0.05) is 11.7 Å². The molecule has 3 rings (SSSR count). The van der Waals surface area contributed by atoms with Gasteiger partial charge in [-0.05, 0) is 56.7 Å². The van der Waals surface area contributed by atoms with Crippen molar-refractivity contribution in [2.24, 2.45) is 0 Å². The molecular formula is C23H25N3O5. The predicted octanol–water partition coefficient (Wildman–Crippen LogP) is 2.95. The topological polar surface area (TPSA) is 99.4 Å². The number of anilines is 1. The molecule has 8 nitrogen and oxygen atoms in total. The van der Waals surface area contributed by atoms with Crippen LogP contribution in [0, 0.1) is 0 Å². The number of para-hydroxylation sites is 1. The van der Waals surface area contributed by atoms with Gasteiger partial charge in [0.2, 0.25) is 5.91 Å². The summed E-state index contributed by atoms with van der Waals surface area (Å²) in [6.07, 6.45) is 0.604. The maximum atomic E-state index is 13.1. The van der Waals surface area contributed by atoms with Crippen LogP contribution in [0.2, 0.25) is 0 Å². The van der Waals surface area contributed by atoms with Crippen molar-refractivity contribution in [3.63, 3.8) is 0 Å². The molecule has 1 aromatic heterocycles. The lowest BCUT2D eigenvalue weighted by Gasteiger charge is -2.17. The number of fused-ring (bicyclic) bond motifs is 1. The van der Waals surface area contributed by atoms with Crippen molar-refractivity contribution in [1.29, 1.82) is 0 Å². The Morgan fingerprint density at radius 3 is 2.35 bits per heavy atom. The Morgan fingerprint density at radius 1 is 1.03 bits per heavy atom. The first-order valence-corrected chi connectivity index (χ1v) is 10.2. The van der Waals surface area contributed by atoms with Crippen LogP contribution in [-0.4, -0.2) is 27.6 Å².